The highest BCUT2D eigenvalue weighted by atomic mass is 16.5. The first-order chi connectivity index (χ1) is 9.61. The van der Waals surface area contributed by atoms with E-state index in [-0.39, 0.29) is 6.04 Å². The van der Waals surface area contributed by atoms with E-state index in [1.54, 1.807) is 0 Å². The van der Waals surface area contributed by atoms with E-state index in [0.29, 0.717) is 6.61 Å². The molecule has 0 heterocycles. The molecule has 0 fully saturated rings. The molecular weight excluding hydrogens is 246 g/mol. The second kappa shape index (κ2) is 6.58. The first kappa shape index (κ1) is 14.6. The van der Waals surface area contributed by atoms with Crippen LogP contribution in [0.3, 0.4) is 0 Å². The third-order valence-corrected chi connectivity index (χ3v) is 3.72. The van der Waals surface area contributed by atoms with Crippen molar-refractivity contribution < 1.29 is 4.74 Å². The van der Waals surface area contributed by atoms with Gasteiger partial charge in [0.1, 0.15) is 12.4 Å². The van der Waals surface area contributed by atoms with Gasteiger partial charge in [-0.3, -0.25) is 0 Å². The van der Waals surface area contributed by atoms with Crippen molar-refractivity contribution in [1.29, 1.82) is 0 Å². The molecule has 2 heteroatoms. The maximum absolute atomic E-state index is 6.13. The Morgan fingerprint density at radius 3 is 2.50 bits per heavy atom. The topological polar surface area (TPSA) is 35.2 Å². The second-order valence-electron chi connectivity index (χ2n) is 5.26. The molecule has 0 aromatic heterocycles. The number of nitrogens with two attached hydrogens (primary N) is 1. The summed E-state index contributed by atoms with van der Waals surface area (Å²) >= 11 is 0. The highest BCUT2D eigenvalue weighted by Gasteiger charge is 2.09. The largest absolute Gasteiger partial charge is 0.489 e. The molecule has 0 saturated carbocycles. The van der Waals surface area contributed by atoms with Crippen LogP contribution in [0.15, 0.2) is 42.5 Å². The predicted molar refractivity (Wildman–Crippen MR) is 83.9 cm³/mol. The minimum Gasteiger partial charge on any atom is -0.489 e. The minimum absolute atomic E-state index is 0.0333. The highest BCUT2D eigenvalue weighted by Crippen LogP contribution is 2.26. The Bertz CT molecular complexity index is 577. The fourth-order valence-corrected chi connectivity index (χ4v) is 2.19. The molecular formula is C18H23NO. The molecule has 0 saturated heterocycles. The zero-order valence-corrected chi connectivity index (χ0v) is 12.5. The SMILES string of the molecule is CCC(N)c1ccccc1OCc1ccc(C)c(C)c1. The summed E-state index contributed by atoms with van der Waals surface area (Å²) in [6.45, 7) is 6.91. The monoisotopic (exact) mass is 269 g/mol. The van der Waals surface area contributed by atoms with E-state index in [1.807, 2.05) is 24.3 Å². The van der Waals surface area contributed by atoms with Crippen LogP contribution in [0.25, 0.3) is 0 Å². The Labute approximate surface area is 121 Å². The molecule has 0 bridgehead atoms. The molecule has 1 atom stereocenters. The third-order valence-electron chi connectivity index (χ3n) is 3.72. The first-order valence-electron chi connectivity index (χ1n) is 7.15. The second-order valence-corrected chi connectivity index (χ2v) is 5.26. The first-order valence-corrected chi connectivity index (χ1v) is 7.15. The Morgan fingerprint density at radius 1 is 1.05 bits per heavy atom. The van der Waals surface area contributed by atoms with E-state index in [4.69, 9.17) is 10.5 Å². The summed E-state index contributed by atoms with van der Waals surface area (Å²) in [5.74, 6) is 0.889. The van der Waals surface area contributed by atoms with Crippen LogP contribution in [-0.4, -0.2) is 0 Å². The molecule has 2 nitrogen and oxygen atoms in total. The number of aryl methyl sites for hydroxylation is 2. The van der Waals surface area contributed by atoms with Crippen LogP contribution in [0.5, 0.6) is 5.75 Å². The molecule has 106 valence electrons. The van der Waals surface area contributed by atoms with Crippen LogP contribution in [0.1, 0.15) is 41.6 Å². The molecule has 0 aliphatic heterocycles. The van der Waals surface area contributed by atoms with Crippen molar-refractivity contribution in [2.24, 2.45) is 5.73 Å². The number of hydrogen-bond donors (Lipinski definition) is 1. The fourth-order valence-electron chi connectivity index (χ4n) is 2.19. The van der Waals surface area contributed by atoms with Crippen LogP contribution in [-0.2, 0) is 6.61 Å². The van der Waals surface area contributed by atoms with Gasteiger partial charge in [0, 0.05) is 11.6 Å². The van der Waals surface area contributed by atoms with Gasteiger partial charge in [-0.1, -0.05) is 43.3 Å². The quantitative estimate of drug-likeness (QED) is 0.878. The van der Waals surface area contributed by atoms with Gasteiger partial charge in [0.15, 0.2) is 0 Å². The van der Waals surface area contributed by atoms with Crippen molar-refractivity contribution in [3.63, 3.8) is 0 Å². The number of benzene rings is 2. The smallest absolute Gasteiger partial charge is 0.124 e. The molecule has 0 spiro atoms. The van der Waals surface area contributed by atoms with E-state index in [9.17, 15) is 0 Å². The van der Waals surface area contributed by atoms with Crippen LogP contribution in [0.2, 0.25) is 0 Å². The minimum atomic E-state index is 0.0333. The van der Waals surface area contributed by atoms with Crippen LogP contribution >= 0.6 is 0 Å². The lowest BCUT2D eigenvalue weighted by molar-refractivity contribution is 0.300. The Morgan fingerprint density at radius 2 is 1.80 bits per heavy atom. The number of para-hydroxylation sites is 1. The van der Waals surface area contributed by atoms with Gasteiger partial charge < -0.3 is 10.5 Å². The molecule has 0 aliphatic rings. The van der Waals surface area contributed by atoms with Gasteiger partial charge in [0.05, 0.1) is 0 Å². The summed E-state index contributed by atoms with van der Waals surface area (Å²) in [5, 5.41) is 0. The molecule has 2 aromatic rings. The maximum Gasteiger partial charge on any atom is 0.124 e. The van der Waals surface area contributed by atoms with Gasteiger partial charge in [-0.15, -0.1) is 0 Å². The van der Waals surface area contributed by atoms with Gasteiger partial charge in [-0.25, -0.2) is 0 Å². The third kappa shape index (κ3) is 3.40. The Hall–Kier alpha value is -1.80. The molecule has 1 unspecified atom stereocenters. The summed E-state index contributed by atoms with van der Waals surface area (Å²) < 4.78 is 5.96. The van der Waals surface area contributed by atoms with E-state index in [2.05, 4.69) is 39.0 Å². The van der Waals surface area contributed by atoms with Crippen molar-refractivity contribution in [2.75, 3.05) is 0 Å². The lowest BCUT2D eigenvalue weighted by Gasteiger charge is -2.16. The van der Waals surface area contributed by atoms with Gasteiger partial charge in [-0.2, -0.15) is 0 Å². The lowest BCUT2D eigenvalue weighted by atomic mass is 10.0. The number of hydrogen-bond acceptors (Lipinski definition) is 2. The molecule has 0 aliphatic carbocycles. The standard InChI is InChI=1S/C18H23NO/c1-4-17(19)16-7-5-6-8-18(16)20-12-15-10-9-13(2)14(3)11-15/h5-11,17H,4,12,19H2,1-3H3. The van der Waals surface area contributed by atoms with Crippen molar-refractivity contribution >= 4 is 0 Å². The summed E-state index contributed by atoms with van der Waals surface area (Å²) in [4.78, 5) is 0. The van der Waals surface area contributed by atoms with Gasteiger partial charge in [0.25, 0.3) is 0 Å². The number of rotatable bonds is 5. The van der Waals surface area contributed by atoms with E-state index >= 15 is 0 Å². The summed E-state index contributed by atoms with van der Waals surface area (Å²) in [6, 6.07) is 14.5. The average Bonchev–Trinajstić information content (AvgIpc) is 2.48. The summed E-state index contributed by atoms with van der Waals surface area (Å²) in [5.41, 5.74) is 11.0. The molecule has 20 heavy (non-hydrogen) atoms. The van der Waals surface area contributed by atoms with Gasteiger partial charge >= 0.3 is 0 Å². The van der Waals surface area contributed by atoms with Crippen molar-refractivity contribution in [3.8, 4) is 5.75 Å². The normalized spacial score (nSPS) is 12.2. The lowest BCUT2D eigenvalue weighted by Crippen LogP contribution is -2.10. The van der Waals surface area contributed by atoms with E-state index < -0.39 is 0 Å². The Kier molecular flexibility index (Phi) is 4.80. The van der Waals surface area contributed by atoms with Crippen LogP contribution in [0, 0.1) is 13.8 Å². The average molecular weight is 269 g/mol. The van der Waals surface area contributed by atoms with Crippen LogP contribution in [0.4, 0.5) is 0 Å². The van der Waals surface area contributed by atoms with Crippen LogP contribution < -0.4 is 10.5 Å². The highest BCUT2D eigenvalue weighted by molar-refractivity contribution is 5.36. The van der Waals surface area contributed by atoms with E-state index in [1.165, 1.54) is 16.7 Å². The van der Waals surface area contributed by atoms with Crippen molar-refractivity contribution in [2.45, 2.75) is 39.8 Å². The summed E-state index contributed by atoms with van der Waals surface area (Å²) in [6.07, 6.45) is 0.907. The summed E-state index contributed by atoms with van der Waals surface area (Å²) in [7, 11) is 0. The van der Waals surface area contributed by atoms with Gasteiger partial charge in [0.2, 0.25) is 0 Å². The number of ether oxygens (including phenoxy) is 1. The molecule has 2 N–H and O–H groups in total. The van der Waals surface area contributed by atoms with E-state index in [0.717, 1.165) is 17.7 Å². The zero-order chi connectivity index (χ0) is 14.5. The zero-order valence-electron chi connectivity index (χ0n) is 12.5. The maximum atomic E-state index is 6.13. The Balaban J connectivity index is 2.12. The van der Waals surface area contributed by atoms with Crippen molar-refractivity contribution in [1.82, 2.24) is 0 Å². The molecule has 0 radical (unpaired) electrons. The molecule has 2 rings (SSSR count). The fraction of sp³-hybridized carbons (Fsp3) is 0.333. The van der Waals surface area contributed by atoms with Crippen molar-refractivity contribution in [3.05, 3.63) is 64.7 Å². The molecule has 2 aromatic carbocycles. The molecule has 0 amide bonds. The predicted octanol–water partition coefficient (Wildman–Crippen LogP) is 4.29. The van der Waals surface area contributed by atoms with Gasteiger partial charge in [-0.05, 0) is 43.0 Å².